The predicted molar refractivity (Wildman–Crippen MR) is 99.2 cm³/mol. The second-order valence-corrected chi connectivity index (χ2v) is 6.66. The van der Waals surface area contributed by atoms with E-state index >= 15 is 0 Å². The smallest absolute Gasteiger partial charge is 0.227 e. The van der Waals surface area contributed by atoms with Gasteiger partial charge in [-0.25, -0.2) is 0 Å². The lowest BCUT2D eigenvalue weighted by Crippen LogP contribution is -2.36. The van der Waals surface area contributed by atoms with Gasteiger partial charge in [-0.15, -0.1) is 11.3 Å². The summed E-state index contributed by atoms with van der Waals surface area (Å²) in [5.74, 6) is 0.198. The van der Waals surface area contributed by atoms with Crippen molar-refractivity contribution in [2.75, 3.05) is 18.0 Å². The zero-order valence-electron chi connectivity index (χ0n) is 14.0. The molecule has 1 heterocycles. The van der Waals surface area contributed by atoms with E-state index in [1.54, 1.807) is 11.3 Å². The van der Waals surface area contributed by atoms with E-state index in [1.165, 1.54) is 5.56 Å². The van der Waals surface area contributed by atoms with E-state index in [0.717, 1.165) is 30.9 Å². The predicted octanol–water partition coefficient (Wildman–Crippen LogP) is 4.10. The average Bonchev–Trinajstić information content (AvgIpc) is 3.10. The highest BCUT2D eigenvalue weighted by atomic mass is 32.1. The van der Waals surface area contributed by atoms with Crippen molar-refractivity contribution in [3.8, 4) is 0 Å². The van der Waals surface area contributed by atoms with Crippen LogP contribution in [-0.2, 0) is 11.2 Å². The van der Waals surface area contributed by atoms with Crippen molar-refractivity contribution in [3.63, 3.8) is 0 Å². The average molecular weight is 330 g/mol. The molecular formula is C19H26N2OS. The fourth-order valence-electron chi connectivity index (χ4n) is 2.50. The molecule has 1 atom stereocenters. The van der Waals surface area contributed by atoms with Crippen molar-refractivity contribution < 1.29 is 4.79 Å². The van der Waals surface area contributed by atoms with Crippen LogP contribution >= 0.6 is 11.3 Å². The summed E-state index contributed by atoms with van der Waals surface area (Å²) in [5.41, 5.74) is 1.36. The number of nitrogens with zero attached hydrogens (tertiary/aromatic N) is 1. The standard InChI is InChI=1S/C19H26N2OS/c1-3-18(22)21(19-10-7-15-23-19)14-12-16(2)20-13-11-17-8-5-4-6-9-17/h4-10,15-16,20H,3,11-14H2,1-2H3. The Morgan fingerprint density at radius 3 is 2.65 bits per heavy atom. The van der Waals surface area contributed by atoms with E-state index in [-0.39, 0.29) is 5.91 Å². The summed E-state index contributed by atoms with van der Waals surface area (Å²) in [7, 11) is 0. The van der Waals surface area contributed by atoms with Crippen molar-refractivity contribution in [1.29, 1.82) is 0 Å². The third kappa shape index (κ3) is 5.81. The number of benzene rings is 1. The number of anilines is 1. The number of carbonyl (C=O) groups is 1. The van der Waals surface area contributed by atoms with E-state index in [9.17, 15) is 4.79 Å². The fraction of sp³-hybridized carbons (Fsp3) is 0.421. The number of carbonyl (C=O) groups excluding carboxylic acids is 1. The number of thiophene rings is 1. The van der Waals surface area contributed by atoms with Gasteiger partial charge in [-0.2, -0.15) is 0 Å². The van der Waals surface area contributed by atoms with Gasteiger partial charge >= 0.3 is 0 Å². The normalized spacial score (nSPS) is 12.1. The molecule has 23 heavy (non-hydrogen) atoms. The first-order valence-electron chi connectivity index (χ1n) is 8.32. The van der Waals surface area contributed by atoms with E-state index in [2.05, 4.69) is 36.5 Å². The zero-order valence-corrected chi connectivity index (χ0v) is 14.8. The minimum Gasteiger partial charge on any atom is -0.314 e. The Hall–Kier alpha value is -1.65. The minimum atomic E-state index is 0.198. The van der Waals surface area contributed by atoms with E-state index in [0.29, 0.717) is 12.5 Å². The number of amides is 1. The Labute approximate surface area is 143 Å². The molecule has 0 bridgehead atoms. The van der Waals surface area contributed by atoms with Gasteiger partial charge in [0.05, 0.1) is 5.00 Å². The van der Waals surface area contributed by atoms with Gasteiger partial charge < -0.3 is 10.2 Å². The molecule has 1 aromatic carbocycles. The molecule has 0 aliphatic heterocycles. The van der Waals surface area contributed by atoms with Gasteiger partial charge in [0.1, 0.15) is 0 Å². The Bertz CT molecular complexity index is 568. The van der Waals surface area contributed by atoms with Gasteiger partial charge in [-0.1, -0.05) is 37.3 Å². The largest absolute Gasteiger partial charge is 0.314 e. The number of rotatable bonds is 9. The van der Waals surface area contributed by atoms with Gasteiger partial charge in [-0.3, -0.25) is 4.79 Å². The summed E-state index contributed by atoms with van der Waals surface area (Å²) < 4.78 is 0. The molecule has 1 unspecified atom stereocenters. The molecule has 1 aromatic heterocycles. The van der Waals surface area contributed by atoms with E-state index in [1.807, 2.05) is 35.4 Å². The Kier molecular flexibility index (Phi) is 7.30. The number of hydrogen-bond donors (Lipinski definition) is 1. The maximum Gasteiger partial charge on any atom is 0.227 e. The lowest BCUT2D eigenvalue weighted by Gasteiger charge is -2.23. The quantitative estimate of drug-likeness (QED) is 0.750. The first kappa shape index (κ1) is 17.7. The van der Waals surface area contributed by atoms with E-state index in [4.69, 9.17) is 0 Å². The van der Waals surface area contributed by atoms with Crippen LogP contribution in [0.4, 0.5) is 5.00 Å². The Morgan fingerprint density at radius 2 is 2.00 bits per heavy atom. The van der Waals surface area contributed by atoms with Gasteiger partial charge in [-0.05, 0) is 49.4 Å². The first-order chi connectivity index (χ1) is 11.2. The fourth-order valence-corrected chi connectivity index (χ4v) is 3.28. The van der Waals surface area contributed by atoms with Crippen LogP contribution in [0.25, 0.3) is 0 Å². The van der Waals surface area contributed by atoms with Crippen molar-refractivity contribution in [3.05, 3.63) is 53.4 Å². The molecule has 3 nitrogen and oxygen atoms in total. The van der Waals surface area contributed by atoms with Crippen LogP contribution in [0.5, 0.6) is 0 Å². The third-order valence-corrected chi connectivity index (χ3v) is 4.80. The lowest BCUT2D eigenvalue weighted by atomic mass is 10.1. The van der Waals surface area contributed by atoms with Crippen LogP contribution in [0.1, 0.15) is 32.3 Å². The Morgan fingerprint density at radius 1 is 1.22 bits per heavy atom. The molecule has 0 saturated carbocycles. The van der Waals surface area contributed by atoms with Gasteiger partial charge in [0.25, 0.3) is 0 Å². The monoisotopic (exact) mass is 330 g/mol. The topological polar surface area (TPSA) is 32.3 Å². The molecule has 2 rings (SSSR count). The maximum absolute atomic E-state index is 12.1. The molecular weight excluding hydrogens is 304 g/mol. The van der Waals surface area contributed by atoms with Crippen LogP contribution in [-0.4, -0.2) is 25.0 Å². The summed E-state index contributed by atoms with van der Waals surface area (Å²) in [5, 5.41) is 6.62. The van der Waals surface area contributed by atoms with Crippen LogP contribution < -0.4 is 10.2 Å². The molecule has 2 aromatic rings. The molecule has 4 heteroatoms. The van der Waals surface area contributed by atoms with Crippen LogP contribution in [0.3, 0.4) is 0 Å². The molecule has 0 fully saturated rings. The second-order valence-electron chi connectivity index (χ2n) is 5.73. The number of hydrogen-bond acceptors (Lipinski definition) is 3. The maximum atomic E-state index is 12.1. The van der Waals surface area contributed by atoms with Crippen LogP contribution in [0.2, 0.25) is 0 Å². The highest BCUT2D eigenvalue weighted by molar-refractivity contribution is 7.14. The van der Waals surface area contributed by atoms with Crippen LogP contribution in [0, 0.1) is 0 Å². The van der Waals surface area contributed by atoms with Crippen molar-refractivity contribution in [2.45, 2.75) is 39.2 Å². The zero-order chi connectivity index (χ0) is 16.5. The summed E-state index contributed by atoms with van der Waals surface area (Å²) in [6.07, 6.45) is 2.54. The minimum absolute atomic E-state index is 0.198. The Balaban J connectivity index is 1.75. The van der Waals surface area contributed by atoms with Gasteiger partial charge in [0, 0.05) is 19.0 Å². The molecule has 0 saturated heterocycles. The summed E-state index contributed by atoms with van der Waals surface area (Å²) in [4.78, 5) is 14.1. The van der Waals surface area contributed by atoms with Crippen molar-refractivity contribution >= 4 is 22.2 Å². The highest BCUT2D eigenvalue weighted by Crippen LogP contribution is 2.22. The summed E-state index contributed by atoms with van der Waals surface area (Å²) in [6, 6.07) is 14.9. The van der Waals surface area contributed by atoms with Crippen molar-refractivity contribution in [2.24, 2.45) is 0 Å². The first-order valence-corrected chi connectivity index (χ1v) is 9.20. The molecule has 0 aliphatic rings. The molecule has 0 aliphatic carbocycles. The van der Waals surface area contributed by atoms with Crippen LogP contribution in [0.15, 0.2) is 47.8 Å². The molecule has 0 spiro atoms. The molecule has 0 radical (unpaired) electrons. The third-order valence-electron chi connectivity index (χ3n) is 3.91. The molecule has 1 N–H and O–H groups in total. The second kappa shape index (κ2) is 9.48. The van der Waals surface area contributed by atoms with E-state index < -0.39 is 0 Å². The van der Waals surface area contributed by atoms with Crippen molar-refractivity contribution in [1.82, 2.24) is 5.32 Å². The summed E-state index contributed by atoms with van der Waals surface area (Å²) >= 11 is 1.63. The van der Waals surface area contributed by atoms with Gasteiger partial charge in [0.15, 0.2) is 0 Å². The number of nitrogens with one attached hydrogen (secondary N) is 1. The van der Waals surface area contributed by atoms with Gasteiger partial charge in [0.2, 0.25) is 5.91 Å². The summed E-state index contributed by atoms with van der Waals surface area (Å²) in [6.45, 7) is 5.84. The highest BCUT2D eigenvalue weighted by Gasteiger charge is 2.15. The SMILES string of the molecule is CCC(=O)N(CCC(C)NCCc1ccccc1)c1cccs1. The molecule has 1 amide bonds. The molecule has 124 valence electrons. The lowest BCUT2D eigenvalue weighted by molar-refractivity contribution is -0.118.